The van der Waals surface area contributed by atoms with Crippen LogP contribution in [0.1, 0.15) is 20.3 Å². The van der Waals surface area contributed by atoms with E-state index in [1.165, 1.54) is 10.9 Å². The Morgan fingerprint density at radius 3 is 2.69 bits per heavy atom. The first-order chi connectivity index (χ1) is 7.62. The second-order valence-electron chi connectivity index (χ2n) is 4.78. The summed E-state index contributed by atoms with van der Waals surface area (Å²) < 4.78 is 7.72. The molecule has 1 aromatic carbocycles. The van der Waals surface area contributed by atoms with E-state index in [1.807, 2.05) is 0 Å². The van der Waals surface area contributed by atoms with E-state index in [0.717, 1.165) is 13.0 Å². The SMILES string of the molecule is COC(C)(C)CCn1ccc2ccccc21. The van der Waals surface area contributed by atoms with Gasteiger partial charge in [0.2, 0.25) is 0 Å². The van der Waals surface area contributed by atoms with Gasteiger partial charge in [0.1, 0.15) is 0 Å². The maximum Gasteiger partial charge on any atom is 0.0639 e. The highest BCUT2D eigenvalue weighted by molar-refractivity contribution is 5.79. The second kappa shape index (κ2) is 4.30. The standard InChI is InChI=1S/C14H19NO/c1-14(2,16-3)9-11-15-10-8-12-6-4-5-7-13(12)15/h4-8,10H,9,11H2,1-3H3. The van der Waals surface area contributed by atoms with Gasteiger partial charge in [0.15, 0.2) is 0 Å². The van der Waals surface area contributed by atoms with Crippen molar-refractivity contribution in [2.75, 3.05) is 7.11 Å². The molecule has 2 heteroatoms. The van der Waals surface area contributed by atoms with Gasteiger partial charge in [-0.15, -0.1) is 0 Å². The number of para-hydroxylation sites is 1. The zero-order chi connectivity index (χ0) is 11.6. The van der Waals surface area contributed by atoms with Gasteiger partial charge in [-0.05, 0) is 37.8 Å². The quantitative estimate of drug-likeness (QED) is 0.765. The predicted molar refractivity (Wildman–Crippen MR) is 67.6 cm³/mol. The maximum atomic E-state index is 5.43. The van der Waals surface area contributed by atoms with Crippen LogP contribution in [0.5, 0.6) is 0 Å². The average Bonchev–Trinajstić information content (AvgIpc) is 2.70. The molecular formula is C14H19NO. The molecule has 0 N–H and O–H groups in total. The van der Waals surface area contributed by atoms with Crippen LogP contribution in [0.15, 0.2) is 36.5 Å². The van der Waals surface area contributed by atoms with E-state index >= 15 is 0 Å². The summed E-state index contributed by atoms with van der Waals surface area (Å²) in [6.07, 6.45) is 3.17. The van der Waals surface area contributed by atoms with E-state index in [-0.39, 0.29) is 5.60 Å². The van der Waals surface area contributed by atoms with E-state index in [1.54, 1.807) is 7.11 Å². The third-order valence-corrected chi connectivity index (χ3v) is 3.19. The van der Waals surface area contributed by atoms with Crippen molar-refractivity contribution >= 4 is 10.9 Å². The summed E-state index contributed by atoms with van der Waals surface area (Å²) >= 11 is 0. The van der Waals surface area contributed by atoms with Gasteiger partial charge < -0.3 is 9.30 Å². The van der Waals surface area contributed by atoms with Crippen molar-refractivity contribution in [3.63, 3.8) is 0 Å². The van der Waals surface area contributed by atoms with Gasteiger partial charge >= 0.3 is 0 Å². The van der Waals surface area contributed by atoms with Crippen molar-refractivity contribution < 1.29 is 4.74 Å². The Morgan fingerprint density at radius 2 is 1.94 bits per heavy atom. The third-order valence-electron chi connectivity index (χ3n) is 3.19. The number of aromatic nitrogens is 1. The van der Waals surface area contributed by atoms with E-state index in [2.05, 4.69) is 54.9 Å². The van der Waals surface area contributed by atoms with Gasteiger partial charge in [0, 0.05) is 25.4 Å². The van der Waals surface area contributed by atoms with Crippen molar-refractivity contribution in [3.05, 3.63) is 36.5 Å². The van der Waals surface area contributed by atoms with Gasteiger partial charge in [0.05, 0.1) is 5.60 Å². The lowest BCUT2D eigenvalue weighted by atomic mass is 10.1. The molecule has 86 valence electrons. The number of nitrogens with zero attached hydrogens (tertiary/aromatic N) is 1. The Hall–Kier alpha value is -1.28. The Balaban J connectivity index is 2.16. The Kier molecular flexibility index (Phi) is 3.01. The van der Waals surface area contributed by atoms with Crippen molar-refractivity contribution in [1.82, 2.24) is 4.57 Å². The second-order valence-corrected chi connectivity index (χ2v) is 4.78. The summed E-state index contributed by atoms with van der Waals surface area (Å²) in [5.41, 5.74) is 1.25. The predicted octanol–water partition coefficient (Wildman–Crippen LogP) is 3.46. The molecule has 0 spiro atoms. The van der Waals surface area contributed by atoms with Gasteiger partial charge in [0.25, 0.3) is 0 Å². The van der Waals surface area contributed by atoms with E-state index in [9.17, 15) is 0 Å². The molecule has 0 saturated carbocycles. The molecule has 0 saturated heterocycles. The zero-order valence-electron chi connectivity index (χ0n) is 10.2. The summed E-state index contributed by atoms with van der Waals surface area (Å²) in [4.78, 5) is 0. The fourth-order valence-electron chi connectivity index (χ4n) is 1.83. The molecule has 2 nitrogen and oxygen atoms in total. The number of ether oxygens (including phenoxy) is 1. The molecule has 0 aliphatic carbocycles. The van der Waals surface area contributed by atoms with Crippen LogP contribution < -0.4 is 0 Å². The van der Waals surface area contributed by atoms with Crippen LogP contribution in [-0.4, -0.2) is 17.3 Å². The summed E-state index contributed by atoms with van der Waals surface area (Å²) in [5, 5.41) is 1.30. The van der Waals surface area contributed by atoms with E-state index in [0.29, 0.717) is 0 Å². The van der Waals surface area contributed by atoms with Crippen LogP contribution in [-0.2, 0) is 11.3 Å². The normalized spacial score (nSPS) is 12.2. The van der Waals surface area contributed by atoms with Crippen LogP contribution in [0.4, 0.5) is 0 Å². The number of aryl methyl sites for hydroxylation is 1. The molecular weight excluding hydrogens is 198 g/mol. The molecule has 0 atom stereocenters. The van der Waals surface area contributed by atoms with Crippen molar-refractivity contribution in [2.45, 2.75) is 32.4 Å². The Labute approximate surface area is 96.8 Å². The molecule has 2 rings (SSSR count). The highest BCUT2D eigenvalue weighted by Gasteiger charge is 2.16. The molecule has 0 bridgehead atoms. The minimum Gasteiger partial charge on any atom is -0.379 e. The lowest BCUT2D eigenvalue weighted by molar-refractivity contribution is 0.0123. The third kappa shape index (κ3) is 2.27. The molecule has 1 aromatic heterocycles. The molecule has 0 aliphatic heterocycles. The molecule has 0 fully saturated rings. The number of hydrogen-bond acceptors (Lipinski definition) is 1. The summed E-state index contributed by atoms with van der Waals surface area (Å²) in [6, 6.07) is 10.6. The van der Waals surface area contributed by atoms with Crippen LogP contribution in [0.25, 0.3) is 10.9 Å². The number of rotatable bonds is 4. The molecule has 16 heavy (non-hydrogen) atoms. The number of fused-ring (bicyclic) bond motifs is 1. The number of hydrogen-bond donors (Lipinski definition) is 0. The summed E-state index contributed by atoms with van der Waals surface area (Å²) in [7, 11) is 1.77. The fourth-order valence-corrected chi connectivity index (χ4v) is 1.83. The van der Waals surface area contributed by atoms with Crippen LogP contribution in [0, 0.1) is 0 Å². The summed E-state index contributed by atoms with van der Waals surface area (Å²) in [5.74, 6) is 0. The molecule has 1 heterocycles. The summed E-state index contributed by atoms with van der Waals surface area (Å²) in [6.45, 7) is 5.24. The smallest absolute Gasteiger partial charge is 0.0639 e. The highest BCUT2D eigenvalue weighted by atomic mass is 16.5. The van der Waals surface area contributed by atoms with Crippen LogP contribution in [0.2, 0.25) is 0 Å². The lowest BCUT2D eigenvalue weighted by Gasteiger charge is -2.23. The van der Waals surface area contributed by atoms with Gasteiger partial charge in [-0.1, -0.05) is 18.2 Å². The highest BCUT2D eigenvalue weighted by Crippen LogP contribution is 2.19. The lowest BCUT2D eigenvalue weighted by Crippen LogP contribution is -2.24. The fraction of sp³-hybridized carbons (Fsp3) is 0.429. The van der Waals surface area contributed by atoms with Gasteiger partial charge in [-0.3, -0.25) is 0 Å². The largest absolute Gasteiger partial charge is 0.379 e. The molecule has 0 aliphatic rings. The van der Waals surface area contributed by atoms with Gasteiger partial charge in [-0.2, -0.15) is 0 Å². The number of methoxy groups -OCH3 is 1. The Bertz CT molecular complexity index is 470. The molecule has 0 unspecified atom stereocenters. The van der Waals surface area contributed by atoms with Crippen molar-refractivity contribution in [2.24, 2.45) is 0 Å². The van der Waals surface area contributed by atoms with E-state index in [4.69, 9.17) is 4.74 Å². The van der Waals surface area contributed by atoms with Crippen LogP contribution in [0.3, 0.4) is 0 Å². The number of benzene rings is 1. The minimum atomic E-state index is -0.0502. The molecule has 0 amide bonds. The maximum absolute atomic E-state index is 5.43. The van der Waals surface area contributed by atoms with Crippen molar-refractivity contribution in [3.8, 4) is 0 Å². The first-order valence-electron chi connectivity index (χ1n) is 5.71. The monoisotopic (exact) mass is 217 g/mol. The van der Waals surface area contributed by atoms with Gasteiger partial charge in [-0.25, -0.2) is 0 Å². The first kappa shape index (κ1) is 11.2. The molecule has 2 aromatic rings. The first-order valence-corrected chi connectivity index (χ1v) is 5.71. The Morgan fingerprint density at radius 1 is 1.19 bits per heavy atom. The topological polar surface area (TPSA) is 14.2 Å². The zero-order valence-corrected chi connectivity index (χ0v) is 10.2. The minimum absolute atomic E-state index is 0.0502. The average molecular weight is 217 g/mol. The molecule has 0 radical (unpaired) electrons. The van der Waals surface area contributed by atoms with E-state index < -0.39 is 0 Å². The van der Waals surface area contributed by atoms with Crippen LogP contribution >= 0.6 is 0 Å². The van der Waals surface area contributed by atoms with Crippen molar-refractivity contribution in [1.29, 1.82) is 0 Å².